The zero-order valence-electron chi connectivity index (χ0n) is 22.5. The molecular weight excluding hydrogens is 506 g/mol. The summed E-state index contributed by atoms with van der Waals surface area (Å²) in [6.45, 7) is 5.34. The average molecular weight is 538 g/mol. The Morgan fingerprint density at radius 3 is 2.88 bits per heavy atom. The fraction of sp³-hybridized carbons (Fsp3) is 0.300. The summed E-state index contributed by atoms with van der Waals surface area (Å²) in [6.07, 6.45) is 4.05. The number of hydrogen-bond acceptors (Lipinski definition) is 8. The Kier molecular flexibility index (Phi) is 7.92. The molecular formula is C30H31N7O3. The zero-order chi connectivity index (χ0) is 28.1. The van der Waals surface area contributed by atoms with E-state index in [0.29, 0.717) is 48.5 Å². The molecule has 3 N–H and O–H groups in total. The van der Waals surface area contributed by atoms with Crippen molar-refractivity contribution in [2.45, 2.75) is 32.7 Å². The number of carboxylic acid groups (broad SMARTS) is 1. The van der Waals surface area contributed by atoms with E-state index >= 15 is 0 Å². The number of likely N-dealkylation sites (tertiary alicyclic amines) is 1. The maximum absolute atomic E-state index is 11.4. The Morgan fingerprint density at radius 2 is 2.05 bits per heavy atom. The monoisotopic (exact) mass is 537 g/mol. The van der Waals surface area contributed by atoms with Crippen molar-refractivity contribution < 1.29 is 14.6 Å². The minimum absolute atomic E-state index is 0.0676. The van der Waals surface area contributed by atoms with Crippen LogP contribution in [0.25, 0.3) is 22.0 Å². The third kappa shape index (κ3) is 5.89. The molecule has 0 spiro atoms. The molecule has 1 aliphatic rings. The molecule has 40 heavy (non-hydrogen) atoms. The Bertz CT molecular complexity index is 1570. The van der Waals surface area contributed by atoms with Crippen LogP contribution in [0.3, 0.4) is 0 Å². The van der Waals surface area contributed by atoms with Crippen LogP contribution in [0.1, 0.15) is 25.3 Å². The lowest BCUT2D eigenvalue weighted by Gasteiger charge is -2.31. The number of aromatic nitrogens is 3. The number of fused-ring (bicyclic) bond motifs is 1. The second kappa shape index (κ2) is 11.9. The van der Waals surface area contributed by atoms with Crippen molar-refractivity contribution in [3.05, 3.63) is 66.5 Å². The summed E-state index contributed by atoms with van der Waals surface area (Å²) < 4.78 is 6.50. The molecule has 4 aromatic rings. The standard InChI is InChI=1S/C30H31N7O3/c1-19(16-31)17-34-25-9-3-7-23-22(25)11-10-20(2)27(23)40-28-24(8-4-13-32-28)26-12-14-33-29(36-26)35-21-6-5-15-37(18-21)30(38)39/h3-4,7-14,19,21,34H,5-6,15,17-18H2,1-2H3,(H,38,39)(H,33,35,36)/t19-,21+/m1/s1. The number of nitrogens with zero attached hydrogens (tertiary/aromatic N) is 5. The van der Waals surface area contributed by atoms with Crippen LogP contribution in [0.5, 0.6) is 11.6 Å². The van der Waals surface area contributed by atoms with Crippen LogP contribution in [-0.4, -0.2) is 56.7 Å². The lowest BCUT2D eigenvalue weighted by Crippen LogP contribution is -2.44. The van der Waals surface area contributed by atoms with Crippen LogP contribution in [0.2, 0.25) is 0 Å². The third-order valence-corrected chi connectivity index (χ3v) is 6.95. The van der Waals surface area contributed by atoms with Crippen LogP contribution in [0, 0.1) is 24.2 Å². The number of ether oxygens (including phenoxy) is 1. The van der Waals surface area contributed by atoms with E-state index < -0.39 is 6.09 Å². The van der Waals surface area contributed by atoms with Crippen molar-refractivity contribution in [1.29, 1.82) is 5.26 Å². The molecule has 2 aromatic heterocycles. The molecule has 2 aromatic carbocycles. The Morgan fingerprint density at radius 1 is 1.18 bits per heavy atom. The van der Waals surface area contributed by atoms with Gasteiger partial charge in [-0.25, -0.2) is 19.7 Å². The lowest BCUT2D eigenvalue weighted by atomic mass is 10.0. The van der Waals surface area contributed by atoms with E-state index in [1.807, 2.05) is 50.2 Å². The van der Waals surface area contributed by atoms with Crippen molar-refractivity contribution in [3.8, 4) is 29.0 Å². The maximum Gasteiger partial charge on any atom is 0.407 e. The number of anilines is 2. The van der Waals surface area contributed by atoms with Gasteiger partial charge in [-0.05, 0) is 56.5 Å². The SMILES string of the molecule is Cc1ccc2c(NC[C@H](C)C#N)cccc2c1Oc1ncccc1-c1ccnc(N[C@H]2CCCN(C(=O)O)C2)n1. The molecule has 1 aliphatic heterocycles. The topological polar surface area (TPSA) is 136 Å². The summed E-state index contributed by atoms with van der Waals surface area (Å²) >= 11 is 0. The molecule has 0 radical (unpaired) electrons. The zero-order valence-corrected chi connectivity index (χ0v) is 22.5. The maximum atomic E-state index is 11.4. The first-order chi connectivity index (χ1) is 19.4. The number of piperidine rings is 1. The van der Waals surface area contributed by atoms with Gasteiger partial charge in [-0.15, -0.1) is 0 Å². The second-order valence-corrected chi connectivity index (χ2v) is 9.96. The molecule has 0 saturated carbocycles. The highest BCUT2D eigenvalue weighted by molar-refractivity contribution is 5.98. The average Bonchev–Trinajstić information content (AvgIpc) is 2.97. The molecule has 0 bridgehead atoms. The molecule has 10 nitrogen and oxygen atoms in total. The van der Waals surface area contributed by atoms with Gasteiger partial charge in [0.25, 0.3) is 0 Å². The van der Waals surface area contributed by atoms with Crippen molar-refractivity contribution in [2.24, 2.45) is 5.92 Å². The van der Waals surface area contributed by atoms with Gasteiger partial charge in [0.15, 0.2) is 0 Å². The first kappa shape index (κ1) is 26.7. The number of aryl methyl sites for hydroxylation is 1. The Labute approximate surface area is 232 Å². The highest BCUT2D eigenvalue weighted by atomic mass is 16.5. The van der Waals surface area contributed by atoms with Gasteiger partial charge in [-0.1, -0.05) is 24.3 Å². The number of pyridine rings is 1. The van der Waals surface area contributed by atoms with Gasteiger partial charge in [-0.2, -0.15) is 5.26 Å². The van der Waals surface area contributed by atoms with Gasteiger partial charge in [-0.3, -0.25) is 0 Å². The molecule has 5 rings (SSSR count). The van der Waals surface area contributed by atoms with E-state index in [-0.39, 0.29) is 12.0 Å². The van der Waals surface area contributed by atoms with E-state index in [9.17, 15) is 9.90 Å². The van der Waals surface area contributed by atoms with E-state index in [2.05, 4.69) is 32.7 Å². The smallest absolute Gasteiger partial charge is 0.407 e. The molecule has 0 unspecified atom stereocenters. The quantitative estimate of drug-likeness (QED) is 0.250. The first-order valence-electron chi connectivity index (χ1n) is 13.3. The van der Waals surface area contributed by atoms with Gasteiger partial charge in [0.2, 0.25) is 11.8 Å². The first-order valence-corrected chi connectivity index (χ1v) is 13.3. The van der Waals surface area contributed by atoms with Crippen molar-refractivity contribution in [1.82, 2.24) is 19.9 Å². The van der Waals surface area contributed by atoms with Crippen LogP contribution < -0.4 is 15.4 Å². The predicted molar refractivity (Wildman–Crippen MR) is 154 cm³/mol. The number of amides is 1. The normalized spacial score (nSPS) is 15.7. The minimum Gasteiger partial charge on any atom is -0.465 e. The number of carbonyl (C=O) groups is 1. The summed E-state index contributed by atoms with van der Waals surface area (Å²) in [7, 11) is 0. The Hall–Kier alpha value is -4.91. The molecule has 3 heterocycles. The summed E-state index contributed by atoms with van der Waals surface area (Å²) in [5.74, 6) is 1.41. The highest BCUT2D eigenvalue weighted by Crippen LogP contribution is 2.38. The molecule has 1 fully saturated rings. The third-order valence-electron chi connectivity index (χ3n) is 6.95. The highest BCUT2D eigenvalue weighted by Gasteiger charge is 2.24. The number of nitriles is 1. The number of nitrogens with one attached hydrogen (secondary N) is 2. The minimum atomic E-state index is -0.915. The van der Waals surface area contributed by atoms with Crippen LogP contribution in [0.4, 0.5) is 16.4 Å². The summed E-state index contributed by atoms with van der Waals surface area (Å²) in [4.78, 5) is 26.4. The molecule has 1 amide bonds. The molecule has 0 aliphatic carbocycles. The van der Waals surface area contributed by atoms with E-state index in [1.54, 1.807) is 18.5 Å². The summed E-state index contributed by atoms with van der Waals surface area (Å²) in [6, 6.07) is 17.8. The van der Waals surface area contributed by atoms with Gasteiger partial charge in [0.1, 0.15) is 5.75 Å². The van der Waals surface area contributed by atoms with Crippen molar-refractivity contribution in [3.63, 3.8) is 0 Å². The number of benzene rings is 2. The fourth-order valence-corrected chi connectivity index (χ4v) is 4.83. The van der Waals surface area contributed by atoms with E-state index in [1.165, 1.54) is 4.90 Å². The molecule has 204 valence electrons. The van der Waals surface area contributed by atoms with E-state index in [4.69, 9.17) is 15.0 Å². The van der Waals surface area contributed by atoms with Crippen LogP contribution >= 0.6 is 0 Å². The second-order valence-electron chi connectivity index (χ2n) is 9.96. The van der Waals surface area contributed by atoms with Gasteiger partial charge in [0.05, 0.1) is 23.2 Å². The van der Waals surface area contributed by atoms with Crippen LogP contribution in [-0.2, 0) is 0 Å². The number of rotatable bonds is 8. The molecule has 10 heteroatoms. The van der Waals surface area contributed by atoms with E-state index in [0.717, 1.165) is 34.9 Å². The van der Waals surface area contributed by atoms with Crippen LogP contribution in [0.15, 0.2) is 60.9 Å². The van der Waals surface area contributed by atoms with Gasteiger partial charge < -0.3 is 25.4 Å². The number of hydrogen-bond donors (Lipinski definition) is 3. The van der Waals surface area contributed by atoms with Crippen molar-refractivity contribution in [2.75, 3.05) is 30.3 Å². The lowest BCUT2D eigenvalue weighted by molar-refractivity contribution is 0.132. The van der Waals surface area contributed by atoms with Gasteiger partial charge in [0, 0.05) is 54.5 Å². The predicted octanol–water partition coefficient (Wildman–Crippen LogP) is 5.92. The Balaban J connectivity index is 1.43. The summed E-state index contributed by atoms with van der Waals surface area (Å²) in [5.41, 5.74) is 3.23. The largest absolute Gasteiger partial charge is 0.465 e. The van der Waals surface area contributed by atoms with Crippen molar-refractivity contribution >= 4 is 28.5 Å². The van der Waals surface area contributed by atoms with Gasteiger partial charge >= 0.3 is 6.09 Å². The molecule has 1 saturated heterocycles. The molecule has 2 atom stereocenters. The fourth-order valence-electron chi connectivity index (χ4n) is 4.83. The summed E-state index contributed by atoms with van der Waals surface area (Å²) in [5, 5.41) is 27.1.